The maximum absolute atomic E-state index is 6.57. The van der Waals surface area contributed by atoms with Crippen molar-refractivity contribution in [3.05, 3.63) is 29.8 Å². The van der Waals surface area contributed by atoms with E-state index in [-0.39, 0.29) is 11.6 Å². The van der Waals surface area contributed by atoms with Gasteiger partial charge in [-0.1, -0.05) is 25.0 Å². The number of hydrogen-bond acceptors (Lipinski definition) is 3. The van der Waals surface area contributed by atoms with Crippen molar-refractivity contribution < 1.29 is 4.74 Å². The lowest BCUT2D eigenvalue weighted by Crippen LogP contribution is -2.57. The predicted octanol–water partition coefficient (Wildman–Crippen LogP) is 3.22. The molecule has 1 saturated heterocycles. The number of benzene rings is 1. The molecule has 3 heteroatoms. The van der Waals surface area contributed by atoms with Gasteiger partial charge in [-0.2, -0.15) is 0 Å². The summed E-state index contributed by atoms with van der Waals surface area (Å²) in [5.41, 5.74) is 7.86. The number of nitrogens with zero attached hydrogens (tertiary/aromatic N) is 1. The molecule has 1 aromatic rings. The molecule has 0 amide bonds. The second-order valence-corrected chi connectivity index (χ2v) is 6.72. The highest BCUT2D eigenvalue weighted by atomic mass is 16.5. The van der Waals surface area contributed by atoms with Gasteiger partial charge in [-0.15, -0.1) is 0 Å². The van der Waals surface area contributed by atoms with Crippen LogP contribution < -0.4 is 10.5 Å². The Bertz CT molecular complexity index is 437. The minimum Gasteiger partial charge on any atom is -0.497 e. The normalized spacial score (nSPS) is 19.0. The summed E-state index contributed by atoms with van der Waals surface area (Å²) in [7, 11) is 1.71. The van der Waals surface area contributed by atoms with Crippen LogP contribution in [0.25, 0.3) is 0 Å². The van der Waals surface area contributed by atoms with Crippen molar-refractivity contribution in [3.8, 4) is 5.75 Å². The van der Waals surface area contributed by atoms with E-state index in [2.05, 4.69) is 30.9 Å². The molecular formula is C18H30N2O. The van der Waals surface area contributed by atoms with Crippen molar-refractivity contribution in [2.75, 3.05) is 20.2 Å². The van der Waals surface area contributed by atoms with Gasteiger partial charge in [0.05, 0.1) is 7.11 Å². The monoisotopic (exact) mass is 290 g/mol. The number of nitrogens with two attached hydrogens (primary N) is 1. The molecule has 118 valence electrons. The minimum absolute atomic E-state index is 0.0351. The summed E-state index contributed by atoms with van der Waals surface area (Å²) in [4.78, 5) is 2.59. The summed E-state index contributed by atoms with van der Waals surface area (Å²) >= 11 is 0. The van der Waals surface area contributed by atoms with Crippen LogP contribution in [0.15, 0.2) is 24.3 Å². The van der Waals surface area contributed by atoms with Crippen LogP contribution in [0, 0.1) is 0 Å². The number of rotatable bonds is 5. The molecule has 1 heterocycles. The number of ether oxygens (including phenoxy) is 1. The van der Waals surface area contributed by atoms with E-state index in [0.29, 0.717) is 0 Å². The summed E-state index contributed by atoms with van der Waals surface area (Å²) in [6, 6.07) is 8.39. The summed E-state index contributed by atoms with van der Waals surface area (Å²) in [6.07, 6.45) is 6.21. The average molecular weight is 290 g/mol. The van der Waals surface area contributed by atoms with Gasteiger partial charge in [0.25, 0.3) is 0 Å². The van der Waals surface area contributed by atoms with E-state index in [9.17, 15) is 0 Å². The fourth-order valence-corrected chi connectivity index (χ4v) is 3.18. The van der Waals surface area contributed by atoms with E-state index in [1.807, 2.05) is 12.1 Å². The summed E-state index contributed by atoms with van der Waals surface area (Å²) in [6.45, 7) is 6.95. The van der Waals surface area contributed by atoms with Gasteiger partial charge in [-0.3, -0.25) is 4.90 Å². The zero-order chi connectivity index (χ0) is 15.3. The van der Waals surface area contributed by atoms with Crippen LogP contribution in [0.5, 0.6) is 5.75 Å². The molecule has 0 aliphatic carbocycles. The van der Waals surface area contributed by atoms with Gasteiger partial charge in [0.2, 0.25) is 0 Å². The fraction of sp³-hybridized carbons (Fsp3) is 0.667. The first-order valence-electron chi connectivity index (χ1n) is 8.17. The van der Waals surface area contributed by atoms with Crippen LogP contribution in [0.3, 0.4) is 0 Å². The number of hydrogen-bond donors (Lipinski definition) is 1. The first kappa shape index (κ1) is 16.3. The van der Waals surface area contributed by atoms with Crippen molar-refractivity contribution in [3.63, 3.8) is 0 Å². The Morgan fingerprint density at radius 3 is 2.48 bits per heavy atom. The Morgan fingerprint density at radius 2 is 1.86 bits per heavy atom. The van der Waals surface area contributed by atoms with Crippen LogP contribution in [-0.4, -0.2) is 36.7 Å². The summed E-state index contributed by atoms with van der Waals surface area (Å²) in [5.74, 6) is 0.910. The minimum atomic E-state index is 0.0351. The van der Waals surface area contributed by atoms with Crippen molar-refractivity contribution >= 4 is 0 Å². The van der Waals surface area contributed by atoms with Crippen molar-refractivity contribution in [1.29, 1.82) is 0 Å². The van der Waals surface area contributed by atoms with E-state index in [1.165, 1.54) is 44.3 Å². The van der Waals surface area contributed by atoms with Crippen LogP contribution >= 0.6 is 0 Å². The lowest BCUT2D eigenvalue weighted by Gasteiger charge is -2.42. The third-order valence-electron chi connectivity index (χ3n) is 4.92. The topological polar surface area (TPSA) is 38.5 Å². The fourth-order valence-electron chi connectivity index (χ4n) is 3.18. The lowest BCUT2D eigenvalue weighted by atomic mass is 9.88. The molecule has 1 aliphatic rings. The summed E-state index contributed by atoms with van der Waals surface area (Å²) in [5, 5.41) is 0. The zero-order valence-electron chi connectivity index (χ0n) is 13.8. The molecule has 0 aromatic heterocycles. The number of methoxy groups -OCH3 is 1. The molecule has 3 nitrogen and oxygen atoms in total. The molecule has 1 fully saturated rings. The van der Waals surface area contributed by atoms with Gasteiger partial charge in [-0.25, -0.2) is 0 Å². The lowest BCUT2D eigenvalue weighted by molar-refractivity contribution is 0.0979. The number of likely N-dealkylation sites (tertiary alicyclic amines) is 1. The Hall–Kier alpha value is -1.06. The van der Waals surface area contributed by atoms with E-state index < -0.39 is 0 Å². The van der Waals surface area contributed by atoms with Crippen molar-refractivity contribution in [2.45, 2.75) is 57.5 Å². The van der Waals surface area contributed by atoms with Gasteiger partial charge in [-0.05, 0) is 63.9 Å². The second-order valence-electron chi connectivity index (χ2n) is 6.72. The third-order valence-corrected chi connectivity index (χ3v) is 4.92. The quantitative estimate of drug-likeness (QED) is 0.905. The second kappa shape index (κ2) is 7.28. The Balaban J connectivity index is 2.04. The van der Waals surface area contributed by atoms with Crippen LogP contribution in [0.4, 0.5) is 0 Å². The SMILES string of the molecule is COc1cccc(CC(N)C(C)(C)N2CCCCCC2)c1. The average Bonchev–Trinajstić information content (AvgIpc) is 2.77. The molecule has 0 radical (unpaired) electrons. The van der Waals surface area contributed by atoms with Gasteiger partial charge in [0, 0.05) is 11.6 Å². The van der Waals surface area contributed by atoms with Crippen molar-refractivity contribution in [2.24, 2.45) is 5.73 Å². The largest absolute Gasteiger partial charge is 0.497 e. The highest BCUT2D eigenvalue weighted by Gasteiger charge is 2.33. The molecule has 1 atom stereocenters. The van der Waals surface area contributed by atoms with E-state index >= 15 is 0 Å². The molecule has 2 rings (SSSR count). The van der Waals surface area contributed by atoms with Crippen LogP contribution in [0.2, 0.25) is 0 Å². The standard InChI is InChI=1S/C18H30N2O/c1-18(2,20-11-6-4-5-7-12-20)17(19)14-15-9-8-10-16(13-15)21-3/h8-10,13,17H,4-7,11-12,14,19H2,1-3H3. The smallest absolute Gasteiger partial charge is 0.119 e. The molecule has 1 aromatic carbocycles. The third kappa shape index (κ3) is 4.21. The van der Waals surface area contributed by atoms with Gasteiger partial charge in [0.1, 0.15) is 5.75 Å². The van der Waals surface area contributed by atoms with Gasteiger partial charge < -0.3 is 10.5 Å². The zero-order valence-corrected chi connectivity index (χ0v) is 13.8. The van der Waals surface area contributed by atoms with E-state index in [1.54, 1.807) is 7.11 Å². The maximum Gasteiger partial charge on any atom is 0.119 e. The molecule has 1 unspecified atom stereocenters. The van der Waals surface area contributed by atoms with Crippen LogP contribution in [0.1, 0.15) is 45.1 Å². The first-order valence-corrected chi connectivity index (χ1v) is 8.17. The first-order chi connectivity index (χ1) is 10.0. The molecule has 1 aliphatic heterocycles. The Kier molecular flexibility index (Phi) is 5.65. The van der Waals surface area contributed by atoms with Crippen LogP contribution in [-0.2, 0) is 6.42 Å². The summed E-state index contributed by atoms with van der Waals surface area (Å²) < 4.78 is 5.30. The van der Waals surface area contributed by atoms with E-state index in [4.69, 9.17) is 10.5 Å². The molecule has 0 bridgehead atoms. The predicted molar refractivity (Wildman–Crippen MR) is 88.8 cm³/mol. The highest BCUT2D eigenvalue weighted by molar-refractivity contribution is 5.29. The van der Waals surface area contributed by atoms with Gasteiger partial charge >= 0.3 is 0 Å². The highest BCUT2D eigenvalue weighted by Crippen LogP contribution is 2.25. The maximum atomic E-state index is 6.57. The van der Waals surface area contributed by atoms with Crippen molar-refractivity contribution in [1.82, 2.24) is 4.90 Å². The molecule has 2 N–H and O–H groups in total. The van der Waals surface area contributed by atoms with Gasteiger partial charge in [0.15, 0.2) is 0 Å². The molecule has 21 heavy (non-hydrogen) atoms. The Labute approximate surface area is 129 Å². The van der Waals surface area contributed by atoms with E-state index in [0.717, 1.165) is 12.2 Å². The Morgan fingerprint density at radius 1 is 1.19 bits per heavy atom. The molecular weight excluding hydrogens is 260 g/mol. The molecule has 0 spiro atoms. The molecule has 0 saturated carbocycles.